The van der Waals surface area contributed by atoms with Crippen molar-refractivity contribution in [2.45, 2.75) is 12.5 Å². The van der Waals surface area contributed by atoms with Crippen LogP contribution in [0.4, 0.5) is 5.69 Å². The van der Waals surface area contributed by atoms with E-state index in [4.69, 9.17) is 10.8 Å². The predicted molar refractivity (Wildman–Crippen MR) is 92.4 cm³/mol. The molecule has 0 saturated carbocycles. The molecule has 0 fully saturated rings. The van der Waals surface area contributed by atoms with E-state index in [9.17, 15) is 4.79 Å². The second-order valence-corrected chi connectivity index (χ2v) is 6.10. The molecule has 0 spiro atoms. The summed E-state index contributed by atoms with van der Waals surface area (Å²) in [5, 5.41) is 12.0. The van der Waals surface area contributed by atoms with E-state index < -0.39 is 5.92 Å². The molecule has 1 heterocycles. The third-order valence-corrected chi connectivity index (χ3v) is 4.51. The number of aromatic nitrogens is 1. The number of amides is 1. The zero-order valence-corrected chi connectivity index (χ0v) is 13.2. The second-order valence-electron chi connectivity index (χ2n) is 5.21. The molecule has 0 bridgehead atoms. The number of nitrogens with one attached hydrogen (secondary N) is 1. The van der Waals surface area contributed by atoms with E-state index in [-0.39, 0.29) is 19.1 Å². The van der Waals surface area contributed by atoms with Gasteiger partial charge in [-0.05, 0) is 29.3 Å². The molecule has 2 aromatic carbocycles. The van der Waals surface area contributed by atoms with Gasteiger partial charge in [0.25, 0.3) is 0 Å². The van der Waals surface area contributed by atoms with Crippen LogP contribution in [0.15, 0.2) is 48.0 Å². The molecule has 1 amide bonds. The molecule has 5 nitrogen and oxygen atoms in total. The van der Waals surface area contributed by atoms with Gasteiger partial charge in [-0.15, -0.1) is 11.3 Å². The van der Waals surface area contributed by atoms with Crippen LogP contribution in [0.5, 0.6) is 0 Å². The lowest BCUT2D eigenvalue weighted by atomic mass is 9.97. The largest absolute Gasteiger partial charge is 0.392 e. The zero-order chi connectivity index (χ0) is 16.2. The first-order chi connectivity index (χ1) is 11.2. The topological polar surface area (TPSA) is 88.2 Å². The fourth-order valence-corrected chi connectivity index (χ4v) is 3.13. The number of fused-ring (bicyclic) bond motifs is 1. The summed E-state index contributed by atoms with van der Waals surface area (Å²) in [6.07, 6.45) is 0. The normalized spacial score (nSPS) is 12.3. The number of nitrogens with two attached hydrogens (primary N) is 1. The summed E-state index contributed by atoms with van der Waals surface area (Å²) >= 11 is 1.53. The molecule has 6 heteroatoms. The zero-order valence-electron chi connectivity index (χ0n) is 12.4. The Kier molecular flexibility index (Phi) is 4.66. The maximum absolute atomic E-state index is 12.5. The smallest absolute Gasteiger partial charge is 0.233 e. The van der Waals surface area contributed by atoms with Crippen LogP contribution in [-0.2, 0) is 11.4 Å². The highest BCUT2D eigenvalue weighted by atomic mass is 32.1. The van der Waals surface area contributed by atoms with Crippen molar-refractivity contribution < 1.29 is 9.90 Å². The number of carbonyl (C=O) groups excluding carboxylic acids is 1. The first-order valence-electron chi connectivity index (χ1n) is 7.25. The van der Waals surface area contributed by atoms with Crippen LogP contribution in [0.3, 0.4) is 0 Å². The van der Waals surface area contributed by atoms with E-state index in [1.807, 2.05) is 30.3 Å². The average molecular weight is 327 g/mol. The molecule has 4 N–H and O–H groups in total. The molecule has 0 aliphatic carbocycles. The van der Waals surface area contributed by atoms with Gasteiger partial charge in [0.05, 0.1) is 28.3 Å². The van der Waals surface area contributed by atoms with Crippen molar-refractivity contribution in [2.24, 2.45) is 5.73 Å². The molecule has 1 atom stereocenters. The van der Waals surface area contributed by atoms with E-state index in [0.29, 0.717) is 0 Å². The molecule has 0 aliphatic heterocycles. The predicted octanol–water partition coefficient (Wildman–Crippen LogP) is 2.47. The number of nitrogens with zero attached hydrogens (tertiary/aromatic N) is 1. The van der Waals surface area contributed by atoms with Crippen molar-refractivity contribution >= 4 is 33.1 Å². The van der Waals surface area contributed by atoms with Crippen LogP contribution in [0.1, 0.15) is 17.0 Å². The second kappa shape index (κ2) is 6.87. The molecular formula is C17H17N3O2S. The number of aliphatic hydroxyl groups is 1. The van der Waals surface area contributed by atoms with Gasteiger partial charge in [-0.1, -0.05) is 24.3 Å². The molecule has 0 radical (unpaired) electrons. The number of thiazole rings is 1. The maximum Gasteiger partial charge on any atom is 0.233 e. The van der Waals surface area contributed by atoms with Gasteiger partial charge in [0, 0.05) is 12.2 Å². The lowest BCUT2D eigenvalue weighted by Crippen LogP contribution is -2.27. The van der Waals surface area contributed by atoms with E-state index in [1.165, 1.54) is 11.3 Å². The minimum Gasteiger partial charge on any atom is -0.392 e. The highest BCUT2D eigenvalue weighted by Gasteiger charge is 2.19. The summed E-state index contributed by atoms with van der Waals surface area (Å²) in [7, 11) is 0. The van der Waals surface area contributed by atoms with Gasteiger partial charge in [-0.2, -0.15) is 0 Å². The Labute approximate surface area is 137 Å². The van der Waals surface area contributed by atoms with E-state index in [1.54, 1.807) is 17.6 Å². The summed E-state index contributed by atoms with van der Waals surface area (Å²) < 4.78 is 1.03. The van der Waals surface area contributed by atoms with Crippen LogP contribution >= 0.6 is 11.3 Å². The van der Waals surface area contributed by atoms with Gasteiger partial charge in [0.15, 0.2) is 0 Å². The number of carbonyl (C=O) groups is 1. The lowest BCUT2D eigenvalue weighted by Gasteiger charge is -2.15. The van der Waals surface area contributed by atoms with Crippen LogP contribution < -0.4 is 11.1 Å². The molecule has 1 aromatic heterocycles. The summed E-state index contributed by atoms with van der Waals surface area (Å²) in [6, 6.07) is 12.9. The van der Waals surface area contributed by atoms with Crippen molar-refractivity contribution in [3.63, 3.8) is 0 Å². The van der Waals surface area contributed by atoms with Crippen LogP contribution in [-0.4, -0.2) is 22.5 Å². The number of benzene rings is 2. The SMILES string of the molecule is NCC(C(=O)Nc1ccc2ncsc2c1)c1ccc(CO)cc1. The van der Waals surface area contributed by atoms with Gasteiger partial charge in [0.1, 0.15) is 0 Å². The molecule has 3 aromatic rings. The highest BCUT2D eigenvalue weighted by molar-refractivity contribution is 7.16. The van der Waals surface area contributed by atoms with E-state index in [2.05, 4.69) is 10.3 Å². The van der Waals surface area contributed by atoms with Crippen LogP contribution in [0, 0.1) is 0 Å². The van der Waals surface area contributed by atoms with Crippen molar-refractivity contribution in [2.75, 3.05) is 11.9 Å². The van der Waals surface area contributed by atoms with Crippen molar-refractivity contribution in [1.82, 2.24) is 4.98 Å². The fourth-order valence-electron chi connectivity index (χ4n) is 2.41. The number of rotatable bonds is 5. The maximum atomic E-state index is 12.5. The van der Waals surface area contributed by atoms with Gasteiger partial charge in [-0.3, -0.25) is 4.79 Å². The quantitative estimate of drug-likeness (QED) is 0.672. The number of hydrogen-bond donors (Lipinski definition) is 3. The third kappa shape index (κ3) is 3.39. The molecule has 23 heavy (non-hydrogen) atoms. The number of hydrogen-bond acceptors (Lipinski definition) is 5. The Morgan fingerprint density at radius 3 is 2.74 bits per heavy atom. The van der Waals surface area contributed by atoms with Gasteiger partial charge in [0.2, 0.25) is 5.91 Å². The monoisotopic (exact) mass is 327 g/mol. The number of anilines is 1. The summed E-state index contributed by atoms with van der Waals surface area (Å²) in [5.41, 5.74) is 10.9. The Bertz CT molecular complexity index is 814. The first-order valence-corrected chi connectivity index (χ1v) is 8.13. The van der Waals surface area contributed by atoms with Crippen molar-refractivity contribution in [3.05, 3.63) is 59.1 Å². The number of aliphatic hydroxyl groups excluding tert-OH is 1. The van der Waals surface area contributed by atoms with Crippen molar-refractivity contribution in [3.8, 4) is 0 Å². The Balaban J connectivity index is 1.78. The van der Waals surface area contributed by atoms with Crippen LogP contribution in [0.25, 0.3) is 10.2 Å². The first kappa shape index (κ1) is 15.6. The minimum atomic E-state index is -0.431. The molecule has 3 rings (SSSR count). The van der Waals surface area contributed by atoms with Gasteiger partial charge < -0.3 is 16.2 Å². The summed E-state index contributed by atoms with van der Waals surface area (Å²) in [6.45, 7) is 0.196. The van der Waals surface area contributed by atoms with Gasteiger partial charge >= 0.3 is 0 Å². The molecule has 1 unspecified atom stereocenters. The third-order valence-electron chi connectivity index (χ3n) is 3.72. The molecule has 0 aliphatic rings. The highest BCUT2D eigenvalue weighted by Crippen LogP contribution is 2.23. The van der Waals surface area contributed by atoms with Crippen molar-refractivity contribution in [1.29, 1.82) is 0 Å². The average Bonchev–Trinajstić information content (AvgIpc) is 3.04. The Morgan fingerprint density at radius 2 is 2.04 bits per heavy atom. The van der Waals surface area contributed by atoms with E-state index in [0.717, 1.165) is 27.0 Å². The van der Waals surface area contributed by atoms with Gasteiger partial charge in [-0.25, -0.2) is 4.98 Å². The molecular weight excluding hydrogens is 310 g/mol. The lowest BCUT2D eigenvalue weighted by molar-refractivity contribution is -0.117. The Hall–Kier alpha value is -2.28. The minimum absolute atomic E-state index is 0.0192. The Morgan fingerprint density at radius 1 is 1.26 bits per heavy atom. The fraction of sp³-hybridized carbons (Fsp3) is 0.176. The van der Waals surface area contributed by atoms with Crippen LogP contribution in [0.2, 0.25) is 0 Å². The van der Waals surface area contributed by atoms with E-state index >= 15 is 0 Å². The molecule has 118 valence electrons. The standard InChI is InChI=1S/C17H17N3O2S/c18-8-14(12-3-1-11(9-21)2-4-12)17(22)20-13-5-6-15-16(7-13)23-10-19-15/h1-7,10,14,21H,8-9,18H2,(H,20,22). The molecule has 0 saturated heterocycles. The summed E-state index contributed by atoms with van der Waals surface area (Å²) in [5.74, 6) is -0.576. The summed E-state index contributed by atoms with van der Waals surface area (Å²) in [4.78, 5) is 16.7.